The Hall–Kier alpha value is -2.42. The molecule has 0 saturated heterocycles. The number of rotatable bonds is 5. The van der Waals surface area contributed by atoms with E-state index in [1.54, 1.807) is 30.3 Å². The molecular weight excluding hydrogens is 321 g/mol. The molecule has 118 valence electrons. The van der Waals surface area contributed by atoms with E-state index in [9.17, 15) is 9.18 Å². The van der Waals surface area contributed by atoms with Crippen molar-refractivity contribution in [2.45, 2.75) is 6.10 Å². The molecule has 0 N–H and O–H groups in total. The Morgan fingerprint density at radius 2 is 2.09 bits per heavy atom. The second-order valence-corrected chi connectivity index (χ2v) is 5.11. The van der Waals surface area contributed by atoms with Gasteiger partial charge in [-0.05, 0) is 41.5 Å². The molecule has 0 aliphatic rings. The Bertz CT molecular complexity index is 737. The highest BCUT2D eigenvalue weighted by molar-refractivity contribution is 6.30. The fraction of sp³-hybridized carbons (Fsp3) is 0.176. The van der Waals surface area contributed by atoms with E-state index in [1.165, 1.54) is 19.2 Å². The van der Waals surface area contributed by atoms with Crippen LogP contribution in [-0.4, -0.2) is 19.7 Å². The Labute approximate surface area is 138 Å². The van der Waals surface area contributed by atoms with Gasteiger partial charge in [-0.15, -0.1) is 0 Å². The predicted molar refractivity (Wildman–Crippen MR) is 82.6 cm³/mol. The van der Waals surface area contributed by atoms with Crippen molar-refractivity contribution in [3.8, 4) is 6.07 Å². The van der Waals surface area contributed by atoms with Crippen LogP contribution < -0.4 is 0 Å². The van der Waals surface area contributed by atoms with Crippen molar-refractivity contribution in [2.75, 3.05) is 13.7 Å². The lowest BCUT2D eigenvalue weighted by molar-refractivity contribution is 0.0600. The first-order valence-corrected chi connectivity index (χ1v) is 7.05. The van der Waals surface area contributed by atoms with Gasteiger partial charge >= 0.3 is 5.97 Å². The molecule has 1 unspecified atom stereocenters. The highest BCUT2D eigenvalue weighted by Gasteiger charge is 2.18. The number of esters is 1. The third kappa shape index (κ3) is 4.28. The van der Waals surface area contributed by atoms with Gasteiger partial charge < -0.3 is 9.47 Å². The van der Waals surface area contributed by atoms with E-state index in [2.05, 4.69) is 4.74 Å². The highest BCUT2D eigenvalue weighted by atomic mass is 35.5. The summed E-state index contributed by atoms with van der Waals surface area (Å²) in [6.45, 7) is -0.193. The lowest BCUT2D eigenvalue weighted by Crippen LogP contribution is -2.09. The van der Waals surface area contributed by atoms with Gasteiger partial charge in [0.15, 0.2) is 0 Å². The van der Waals surface area contributed by atoms with Crippen LogP contribution >= 0.6 is 11.6 Å². The quantitative estimate of drug-likeness (QED) is 0.779. The molecule has 2 rings (SSSR count). The molecule has 0 spiro atoms. The smallest absolute Gasteiger partial charge is 0.337 e. The van der Waals surface area contributed by atoms with Crippen molar-refractivity contribution in [2.24, 2.45) is 0 Å². The number of benzene rings is 2. The minimum Gasteiger partial charge on any atom is -0.465 e. The molecule has 0 amide bonds. The van der Waals surface area contributed by atoms with Gasteiger partial charge in [0.05, 0.1) is 18.7 Å². The monoisotopic (exact) mass is 333 g/mol. The maximum Gasteiger partial charge on any atom is 0.337 e. The molecule has 0 aliphatic carbocycles. The third-order valence-corrected chi connectivity index (χ3v) is 3.33. The maximum atomic E-state index is 13.6. The van der Waals surface area contributed by atoms with Gasteiger partial charge in [-0.25, -0.2) is 9.18 Å². The maximum absolute atomic E-state index is 13.6. The van der Waals surface area contributed by atoms with Crippen molar-refractivity contribution in [1.29, 1.82) is 5.26 Å². The number of nitrogens with zero attached hydrogens (tertiary/aromatic N) is 1. The molecule has 0 fully saturated rings. The highest BCUT2D eigenvalue weighted by Crippen LogP contribution is 2.29. The molecule has 23 heavy (non-hydrogen) atoms. The van der Waals surface area contributed by atoms with Gasteiger partial charge in [0, 0.05) is 5.02 Å². The molecule has 0 bridgehead atoms. The molecule has 2 aromatic rings. The number of hydrogen-bond acceptors (Lipinski definition) is 4. The van der Waals surface area contributed by atoms with Crippen molar-refractivity contribution in [3.63, 3.8) is 0 Å². The third-order valence-electron chi connectivity index (χ3n) is 3.11. The van der Waals surface area contributed by atoms with E-state index in [1.807, 2.05) is 6.07 Å². The molecule has 0 aromatic heterocycles. The minimum absolute atomic E-state index is 0.193. The van der Waals surface area contributed by atoms with Gasteiger partial charge in [-0.3, -0.25) is 0 Å². The molecule has 0 radical (unpaired) electrons. The average molecular weight is 334 g/mol. The number of methoxy groups -OCH3 is 1. The van der Waals surface area contributed by atoms with Gasteiger partial charge in [0.1, 0.15) is 18.5 Å². The molecule has 2 aromatic carbocycles. The Kier molecular flexibility index (Phi) is 5.69. The van der Waals surface area contributed by atoms with Crippen LogP contribution in [0.15, 0.2) is 42.5 Å². The fourth-order valence-electron chi connectivity index (χ4n) is 2.18. The summed E-state index contributed by atoms with van der Waals surface area (Å²) < 4.78 is 23.8. The largest absolute Gasteiger partial charge is 0.465 e. The zero-order valence-electron chi connectivity index (χ0n) is 12.3. The van der Waals surface area contributed by atoms with Crippen molar-refractivity contribution in [3.05, 3.63) is 70.0 Å². The molecule has 0 saturated carbocycles. The predicted octanol–water partition coefficient (Wildman–Crippen LogP) is 3.90. The molecular formula is C17H13ClFNO3. The average Bonchev–Trinajstić information content (AvgIpc) is 2.54. The van der Waals surface area contributed by atoms with Crippen LogP contribution in [0.25, 0.3) is 0 Å². The lowest BCUT2D eigenvalue weighted by Gasteiger charge is -2.18. The Morgan fingerprint density at radius 1 is 1.30 bits per heavy atom. The second kappa shape index (κ2) is 7.73. The summed E-state index contributed by atoms with van der Waals surface area (Å²) in [5.41, 5.74) is 1.37. The van der Waals surface area contributed by atoms with Crippen molar-refractivity contribution < 1.29 is 18.7 Å². The first kappa shape index (κ1) is 16.9. The van der Waals surface area contributed by atoms with E-state index in [4.69, 9.17) is 21.6 Å². The van der Waals surface area contributed by atoms with Crippen LogP contribution in [0.4, 0.5) is 4.39 Å². The number of ether oxygens (including phenoxy) is 2. The minimum atomic E-state index is -0.729. The first-order valence-electron chi connectivity index (χ1n) is 6.68. The second-order valence-electron chi connectivity index (χ2n) is 4.67. The molecule has 0 aliphatic heterocycles. The van der Waals surface area contributed by atoms with Crippen LogP contribution in [-0.2, 0) is 9.47 Å². The SMILES string of the molecule is COC(=O)c1cccc(C(OCC#N)c2cc(F)cc(Cl)c2)c1. The Balaban J connectivity index is 2.46. The van der Waals surface area contributed by atoms with Crippen molar-refractivity contribution >= 4 is 17.6 Å². The number of halogens is 2. The van der Waals surface area contributed by atoms with Crippen LogP contribution in [0.1, 0.15) is 27.6 Å². The normalized spacial score (nSPS) is 11.6. The van der Waals surface area contributed by atoms with Crippen LogP contribution in [0, 0.1) is 17.1 Å². The number of carbonyl (C=O) groups is 1. The summed E-state index contributed by atoms with van der Waals surface area (Å²) in [5, 5.41) is 8.97. The van der Waals surface area contributed by atoms with Crippen LogP contribution in [0.5, 0.6) is 0 Å². The Morgan fingerprint density at radius 3 is 2.74 bits per heavy atom. The zero-order chi connectivity index (χ0) is 16.8. The van der Waals surface area contributed by atoms with E-state index in [0.29, 0.717) is 16.7 Å². The van der Waals surface area contributed by atoms with Gasteiger partial charge in [0.25, 0.3) is 0 Å². The lowest BCUT2D eigenvalue weighted by atomic mass is 9.99. The first-order chi connectivity index (χ1) is 11.0. The summed E-state index contributed by atoms with van der Waals surface area (Å²) in [5.74, 6) is -1.01. The fourth-order valence-corrected chi connectivity index (χ4v) is 2.41. The van der Waals surface area contributed by atoms with E-state index >= 15 is 0 Å². The van der Waals surface area contributed by atoms with Crippen LogP contribution in [0.3, 0.4) is 0 Å². The summed E-state index contributed by atoms with van der Waals surface area (Å²) in [7, 11) is 1.28. The number of hydrogen-bond donors (Lipinski definition) is 0. The molecule has 6 heteroatoms. The van der Waals surface area contributed by atoms with Crippen molar-refractivity contribution in [1.82, 2.24) is 0 Å². The summed E-state index contributed by atoms with van der Waals surface area (Å²) in [6, 6.07) is 12.4. The van der Waals surface area contributed by atoms with E-state index in [0.717, 1.165) is 0 Å². The van der Waals surface area contributed by atoms with Gasteiger partial charge in [0.2, 0.25) is 0 Å². The molecule has 4 nitrogen and oxygen atoms in total. The number of carbonyl (C=O) groups excluding carboxylic acids is 1. The van der Waals surface area contributed by atoms with Gasteiger partial charge in [-0.1, -0.05) is 23.7 Å². The van der Waals surface area contributed by atoms with Gasteiger partial charge in [-0.2, -0.15) is 5.26 Å². The van der Waals surface area contributed by atoms with Crippen LogP contribution in [0.2, 0.25) is 5.02 Å². The zero-order valence-corrected chi connectivity index (χ0v) is 13.0. The van der Waals surface area contributed by atoms with E-state index in [-0.39, 0.29) is 11.6 Å². The summed E-state index contributed by atoms with van der Waals surface area (Å²) >= 11 is 5.89. The van der Waals surface area contributed by atoms with E-state index < -0.39 is 17.9 Å². The number of nitriles is 1. The summed E-state index contributed by atoms with van der Waals surface area (Å²) in [4.78, 5) is 11.7. The molecule has 0 heterocycles. The standard InChI is InChI=1S/C17H13ClFNO3/c1-22-17(21)12-4-2-3-11(7-12)16(23-6-5-20)13-8-14(18)10-15(19)9-13/h2-4,7-10,16H,6H2,1H3. The topological polar surface area (TPSA) is 59.3 Å². The summed E-state index contributed by atoms with van der Waals surface area (Å²) in [6.07, 6.45) is -0.729. The molecule has 1 atom stereocenters.